The highest BCUT2D eigenvalue weighted by molar-refractivity contribution is 5.74. The third-order valence-corrected chi connectivity index (χ3v) is 5.25. The fraction of sp³-hybridized carbons (Fsp3) is 0.941. The molecule has 128 valence electrons. The Balaban J connectivity index is 1.76. The predicted molar refractivity (Wildman–Crippen MR) is 88.9 cm³/mol. The molecule has 2 aliphatic rings. The summed E-state index contributed by atoms with van der Waals surface area (Å²) in [4.78, 5) is 14.7. The van der Waals surface area contributed by atoms with E-state index < -0.39 is 5.54 Å². The Morgan fingerprint density at radius 3 is 2.73 bits per heavy atom. The first-order chi connectivity index (χ1) is 10.6. The number of hydrogen-bond acceptors (Lipinski definition) is 3. The van der Waals surface area contributed by atoms with Gasteiger partial charge < -0.3 is 15.7 Å². The lowest BCUT2D eigenvalue weighted by Crippen LogP contribution is -2.56. The van der Waals surface area contributed by atoms with E-state index in [4.69, 9.17) is 0 Å². The molecule has 1 aliphatic heterocycles. The molecule has 0 bridgehead atoms. The van der Waals surface area contributed by atoms with Gasteiger partial charge in [0.25, 0.3) is 0 Å². The Hall–Kier alpha value is -0.810. The van der Waals surface area contributed by atoms with Crippen LogP contribution >= 0.6 is 0 Å². The molecule has 0 aromatic rings. The van der Waals surface area contributed by atoms with Crippen molar-refractivity contribution in [1.29, 1.82) is 0 Å². The molecule has 1 saturated carbocycles. The Bertz CT molecular complexity index is 360. The van der Waals surface area contributed by atoms with Gasteiger partial charge in [-0.15, -0.1) is 0 Å². The Morgan fingerprint density at radius 1 is 1.32 bits per heavy atom. The third-order valence-electron chi connectivity index (χ3n) is 5.25. The minimum absolute atomic E-state index is 0.0111. The highest BCUT2D eigenvalue weighted by atomic mass is 16.3. The van der Waals surface area contributed by atoms with E-state index >= 15 is 0 Å². The summed E-state index contributed by atoms with van der Waals surface area (Å²) in [6, 6.07) is 0.330. The summed E-state index contributed by atoms with van der Waals surface area (Å²) in [6.45, 7) is 7.18. The van der Waals surface area contributed by atoms with Crippen LogP contribution in [-0.4, -0.2) is 53.9 Å². The Labute approximate surface area is 134 Å². The van der Waals surface area contributed by atoms with Crippen molar-refractivity contribution >= 4 is 6.03 Å². The Kier molecular flexibility index (Phi) is 6.50. The number of hydrogen-bond donors (Lipinski definition) is 3. The molecule has 0 aromatic heterocycles. The number of carbonyl (C=O) groups excluding carboxylic acids is 1. The topological polar surface area (TPSA) is 64.6 Å². The molecule has 2 atom stereocenters. The molecule has 0 aromatic carbocycles. The predicted octanol–water partition coefficient (Wildman–Crippen LogP) is 2.10. The van der Waals surface area contributed by atoms with Crippen molar-refractivity contribution in [2.24, 2.45) is 5.92 Å². The van der Waals surface area contributed by atoms with Gasteiger partial charge in [-0.3, -0.25) is 4.90 Å². The van der Waals surface area contributed by atoms with Gasteiger partial charge in [0, 0.05) is 12.6 Å². The minimum Gasteiger partial charge on any atom is -0.394 e. The van der Waals surface area contributed by atoms with Crippen LogP contribution in [0.3, 0.4) is 0 Å². The maximum Gasteiger partial charge on any atom is 0.315 e. The normalized spacial score (nSPS) is 25.5. The minimum atomic E-state index is -0.460. The second kappa shape index (κ2) is 8.16. The highest BCUT2D eigenvalue weighted by Crippen LogP contribution is 2.39. The first-order valence-corrected chi connectivity index (χ1v) is 9.00. The lowest BCUT2D eigenvalue weighted by atomic mass is 9.97. The SMILES string of the molecule is CCCCN1CCCCC1CNC(=O)NC(C)(CO)C1CC1. The molecule has 1 saturated heterocycles. The average molecular weight is 311 g/mol. The smallest absolute Gasteiger partial charge is 0.315 e. The summed E-state index contributed by atoms with van der Waals surface area (Å²) >= 11 is 0. The number of amides is 2. The number of urea groups is 1. The number of nitrogens with zero attached hydrogens (tertiary/aromatic N) is 1. The van der Waals surface area contributed by atoms with Crippen LogP contribution in [0.1, 0.15) is 58.8 Å². The molecule has 1 aliphatic carbocycles. The summed E-state index contributed by atoms with van der Waals surface area (Å²) < 4.78 is 0. The quantitative estimate of drug-likeness (QED) is 0.643. The van der Waals surface area contributed by atoms with Gasteiger partial charge in [-0.05, 0) is 58.0 Å². The summed E-state index contributed by atoms with van der Waals surface area (Å²) in [5.41, 5.74) is -0.460. The van der Waals surface area contributed by atoms with Crippen molar-refractivity contribution < 1.29 is 9.90 Å². The van der Waals surface area contributed by atoms with Gasteiger partial charge in [0.2, 0.25) is 0 Å². The zero-order chi connectivity index (χ0) is 16.0. The molecule has 3 N–H and O–H groups in total. The fourth-order valence-corrected chi connectivity index (χ4v) is 3.45. The second-order valence-electron chi connectivity index (χ2n) is 7.22. The van der Waals surface area contributed by atoms with Gasteiger partial charge in [0.15, 0.2) is 0 Å². The standard InChI is InChI=1S/C17H33N3O2/c1-3-4-10-20-11-6-5-7-15(20)12-18-16(22)19-17(2,13-21)14-8-9-14/h14-15,21H,3-13H2,1-2H3,(H2,18,19,22). The zero-order valence-corrected chi connectivity index (χ0v) is 14.2. The third kappa shape index (κ3) is 4.85. The van der Waals surface area contributed by atoms with Crippen molar-refractivity contribution in [3.05, 3.63) is 0 Å². The molecule has 5 nitrogen and oxygen atoms in total. The molecule has 2 unspecified atom stereocenters. The first kappa shape index (κ1) is 17.5. The van der Waals surface area contributed by atoms with E-state index in [1.54, 1.807) is 0 Å². The molecular weight excluding hydrogens is 278 g/mol. The number of nitrogens with one attached hydrogen (secondary N) is 2. The van der Waals surface area contributed by atoms with Crippen LogP contribution in [0.5, 0.6) is 0 Å². The molecule has 5 heteroatoms. The van der Waals surface area contributed by atoms with Crippen LogP contribution in [0.2, 0.25) is 0 Å². The van der Waals surface area contributed by atoms with Crippen molar-refractivity contribution in [3.63, 3.8) is 0 Å². The van der Waals surface area contributed by atoms with E-state index in [-0.39, 0.29) is 12.6 Å². The van der Waals surface area contributed by atoms with Crippen LogP contribution in [0.15, 0.2) is 0 Å². The summed E-state index contributed by atoms with van der Waals surface area (Å²) in [6.07, 6.45) is 8.35. The van der Waals surface area contributed by atoms with Crippen molar-refractivity contribution in [2.75, 3.05) is 26.2 Å². The monoisotopic (exact) mass is 311 g/mol. The largest absolute Gasteiger partial charge is 0.394 e. The highest BCUT2D eigenvalue weighted by Gasteiger charge is 2.42. The molecule has 2 rings (SSSR count). The number of carbonyl (C=O) groups is 1. The second-order valence-corrected chi connectivity index (χ2v) is 7.22. The van der Waals surface area contributed by atoms with Crippen LogP contribution in [-0.2, 0) is 0 Å². The van der Waals surface area contributed by atoms with Crippen molar-refractivity contribution in [3.8, 4) is 0 Å². The Morgan fingerprint density at radius 2 is 2.09 bits per heavy atom. The maximum atomic E-state index is 12.2. The van der Waals surface area contributed by atoms with E-state index in [0.717, 1.165) is 25.9 Å². The van der Waals surface area contributed by atoms with Crippen LogP contribution in [0.25, 0.3) is 0 Å². The van der Waals surface area contributed by atoms with E-state index in [1.165, 1.54) is 32.1 Å². The summed E-state index contributed by atoms with van der Waals surface area (Å²) in [5.74, 6) is 0.430. The summed E-state index contributed by atoms with van der Waals surface area (Å²) in [5, 5.41) is 15.6. The lowest BCUT2D eigenvalue weighted by molar-refractivity contribution is 0.137. The van der Waals surface area contributed by atoms with Gasteiger partial charge in [0.1, 0.15) is 0 Å². The number of piperidine rings is 1. The van der Waals surface area contributed by atoms with Gasteiger partial charge in [-0.1, -0.05) is 19.8 Å². The van der Waals surface area contributed by atoms with Crippen molar-refractivity contribution in [1.82, 2.24) is 15.5 Å². The summed E-state index contributed by atoms with van der Waals surface area (Å²) in [7, 11) is 0. The number of likely N-dealkylation sites (tertiary alicyclic amines) is 1. The number of aliphatic hydroxyl groups is 1. The molecule has 0 radical (unpaired) electrons. The van der Waals surface area contributed by atoms with Gasteiger partial charge in [-0.25, -0.2) is 4.79 Å². The molecule has 2 amide bonds. The maximum absolute atomic E-state index is 12.2. The van der Waals surface area contributed by atoms with Crippen LogP contribution < -0.4 is 10.6 Å². The molecule has 1 heterocycles. The van der Waals surface area contributed by atoms with Crippen LogP contribution in [0.4, 0.5) is 4.79 Å². The van der Waals surface area contributed by atoms with E-state index in [0.29, 0.717) is 18.5 Å². The number of rotatable bonds is 8. The van der Waals surface area contributed by atoms with Gasteiger partial charge >= 0.3 is 6.03 Å². The van der Waals surface area contributed by atoms with E-state index in [2.05, 4.69) is 22.5 Å². The zero-order valence-electron chi connectivity index (χ0n) is 14.2. The first-order valence-electron chi connectivity index (χ1n) is 9.00. The van der Waals surface area contributed by atoms with E-state index in [1.807, 2.05) is 6.92 Å². The average Bonchev–Trinajstić information content (AvgIpc) is 3.37. The van der Waals surface area contributed by atoms with Gasteiger partial charge in [0.05, 0.1) is 12.1 Å². The lowest BCUT2D eigenvalue weighted by Gasteiger charge is -2.36. The van der Waals surface area contributed by atoms with Gasteiger partial charge in [-0.2, -0.15) is 0 Å². The fourth-order valence-electron chi connectivity index (χ4n) is 3.45. The molecule has 2 fully saturated rings. The number of aliphatic hydroxyl groups excluding tert-OH is 1. The van der Waals surface area contributed by atoms with Crippen LogP contribution in [0, 0.1) is 5.92 Å². The molecule has 0 spiro atoms. The molecular formula is C17H33N3O2. The van der Waals surface area contributed by atoms with Crippen molar-refractivity contribution in [2.45, 2.75) is 70.4 Å². The molecule has 22 heavy (non-hydrogen) atoms. The number of unbranched alkanes of at least 4 members (excludes halogenated alkanes) is 1. The van der Waals surface area contributed by atoms with E-state index in [9.17, 15) is 9.90 Å².